The summed E-state index contributed by atoms with van der Waals surface area (Å²) in [6.07, 6.45) is 6.37. The molecule has 1 aliphatic carbocycles. The van der Waals surface area contributed by atoms with Gasteiger partial charge in [0, 0.05) is 5.75 Å². The molecule has 20 heavy (non-hydrogen) atoms. The summed E-state index contributed by atoms with van der Waals surface area (Å²) >= 11 is 1.74. The van der Waals surface area contributed by atoms with Gasteiger partial charge in [-0.05, 0) is 41.3 Å². The van der Waals surface area contributed by atoms with Crippen LogP contribution in [0.1, 0.15) is 49.3 Å². The van der Waals surface area contributed by atoms with Gasteiger partial charge in [-0.1, -0.05) is 55.3 Å². The molecular weight excluding hydrogens is 268 g/mol. The van der Waals surface area contributed by atoms with Crippen LogP contribution in [0.5, 0.6) is 0 Å². The Morgan fingerprint density at radius 3 is 2.80 bits per heavy atom. The molecule has 5 heteroatoms. The molecule has 0 bridgehead atoms. The summed E-state index contributed by atoms with van der Waals surface area (Å²) in [4.78, 5) is 0. The summed E-state index contributed by atoms with van der Waals surface area (Å²) in [5, 5.41) is 13.2. The third-order valence-corrected chi connectivity index (χ3v) is 4.98. The number of benzene rings is 1. The van der Waals surface area contributed by atoms with Crippen molar-refractivity contribution in [3.63, 3.8) is 0 Å². The van der Waals surface area contributed by atoms with Gasteiger partial charge in [0.2, 0.25) is 5.16 Å². The predicted molar refractivity (Wildman–Crippen MR) is 80.7 cm³/mol. The largest absolute Gasteiger partial charge is 0.217 e. The van der Waals surface area contributed by atoms with E-state index in [0.29, 0.717) is 6.04 Å². The number of thioether (sulfide) groups is 1. The van der Waals surface area contributed by atoms with E-state index in [1.165, 1.54) is 43.2 Å². The molecule has 0 atom stereocenters. The van der Waals surface area contributed by atoms with Gasteiger partial charge >= 0.3 is 0 Å². The van der Waals surface area contributed by atoms with Crippen molar-refractivity contribution >= 4 is 11.8 Å². The van der Waals surface area contributed by atoms with Crippen LogP contribution in [0.4, 0.5) is 0 Å². The van der Waals surface area contributed by atoms with Crippen molar-refractivity contribution in [1.29, 1.82) is 0 Å². The molecule has 1 aromatic carbocycles. The fraction of sp³-hybridized carbons (Fsp3) is 0.533. The van der Waals surface area contributed by atoms with Crippen molar-refractivity contribution in [2.75, 3.05) is 0 Å². The highest BCUT2D eigenvalue weighted by molar-refractivity contribution is 7.98. The van der Waals surface area contributed by atoms with Gasteiger partial charge in [-0.3, -0.25) is 0 Å². The fourth-order valence-corrected chi connectivity index (χ4v) is 3.77. The van der Waals surface area contributed by atoms with Crippen molar-refractivity contribution in [3.8, 4) is 0 Å². The third-order valence-electron chi connectivity index (χ3n) is 4.00. The van der Waals surface area contributed by atoms with E-state index in [4.69, 9.17) is 0 Å². The standard InChI is InChI=1S/C15H20N4S/c1-12-7-5-6-8-13(12)11-20-15-16-17-18-19(15)14-9-3-2-4-10-14/h5-8,14H,2-4,9-11H2,1H3. The molecule has 1 aliphatic rings. The Hall–Kier alpha value is -1.36. The first-order valence-corrected chi connectivity index (χ1v) is 8.28. The lowest BCUT2D eigenvalue weighted by molar-refractivity contribution is 0.307. The highest BCUT2D eigenvalue weighted by Crippen LogP contribution is 2.31. The van der Waals surface area contributed by atoms with Crippen LogP contribution in [-0.4, -0.2) is 20.2 Å². The molecule has 0 spiro atoms. The molecule has 0 saturated heterocycles. The van der Waals surface area contributed by atoms with Crippen molar-refractivity contribution in [2.24, 2.45) is 0 Å². The predicted octanol–water partition coefficient (Wildman–Crippen LogP) is 3.78. The number of tetrazole rings is 1. The van der Waals surface area contributed by atoms with Crippen LogP contribution in [0.25, 0.3) is 0 Å². The van der Waals surface area contributed by atoms with E-state index in [0.717, 1.165) is 10.9 Å². The first-order chi connectivity index (χ1) is 9.84. The molecule has 0 aliphatic heterocycles. The summed E-state index contributed by atoms with van der Waals surface area (Å²) < 4.78 is 2.04. The molecule has 0 unspecified atom stereocenters. The molecule has 1 heterocycles. The molecule has 4 nitrogen and oxygen atoms in total. The maximum absolute atomic E-state index is 4.21. The number of aromatic nitrogens is 4. The zero-order valence-electron chi connectivity index (χ0n) is 11.8. The number of nitrogens with zero attached hydrogens (tertiary/aromatic N) is 4. The van der Waals surface area contributed by atoms with Crippen LogP contribution in [0.2, 0.25) is 0 Å². The highest BCUT2D eigenvalue weighted by Gasteiger charge is 2.20. The molecule has 1 aromatic heterocycles. The smallest absolute Gasteiger partial charge is 0.209 e. The van der Waals surface area contributed by atoms with Gasteiger partial charge in [-0.25, -0.2) is 4.68 Å². The average Bonchev–Trinajstić information content (AvgIpc) is 2.96. The molecule has 0 N–H and O–H groups in total. The second-order valence-corrected chi connectivity index (χ2v) is 6.36. The van der Waals surface area contributed by atoms with Crippen molar-refractivity contribution in [2.45, 2.75) is 56.0 Å². The first-order valence-electron chi connectivity index (χ1n) is 7.30. The van der Waals surface area contributed by atoms with Crippen molar-refractivity contribution in [1.82, 2.24) is 20.2 Å². The van der Waals surface area contributed by atoms with Gasteiger partial charge in [-0.2, -0.15) is 0 Å². The Kier molecular flexibility index (Phi) is 4.35. The lowest BCUT2D eigenvalue weighted by Gasteiger charge is -2.22. The van der Waals surface area contributed by atoms with Crippen LogP contribution >= 0.6 is 11.8 Å². The first kappa shape index (κ1) is 13.6. The second-order valence-electron chi connectivity index (χ2n) is 5.41. The van der Waals surface area contributed by atoms with E-state index in [2.05, 4.69) is 46.7 Å². The Balaban J connectivity index is 1.69. The Bertz CT molecular complexity index is 561. The van der Waals surface area contributed by atoms with Crippen LogP contribution in [-0.2, 0) is 5.75 Å². The minimum Gasteiger partial charge on any atom is -0.217 e. The lowest BCUT2D eigenvalue weighted by atomic mass is 9.96. The van der Waals surface area contributed by atoms with Gasteiger partial charge in [0.05, 0.1) is 6.04 Å². The van der Waals surface area contributed by atoms with Crippen LogP contribution < -0.4 is 0 Å². The summed E-state index contributed by atoms with van der Waals surface area (Å²) in [7, 11) is 0. The molecule has 0 amide bonds. The third kappa shape index (κ3) is 3.03. The Morgan fingerprint density at radius 1 is 1.20 bits per heavy atom. The lowest BCUT2D eigenvalue weighted by Crippen LogP contribution is -2.15. The summed E-state index contributed by atoms with van der Waals surface area (Å²) in [5.41, 5.74) is 2.69. The number of hydrogen-bond donors (Lipinski definition) is 0. The monoisotopic (exact) mass is 288 g/mol. The minimum absolute atomic E-state index is 0.498. The van der Waals surface area contributed by atoms with Crippen LogP contribution in [0.15, 0.2) is 29.4 Å². The maximum atomic E-state index is 4.21. The molecule has 1 fully saturated rings. The van der Waals surface area contributed by atoms with Gasteiger partial charge in [0.15, 0.2) is 0 Å². The summed E-state index contributed by atoms with van der Waals surface area (Å²) in [5.74, 6) is 0.930. The quantitative estimate of drug-likeness (QED) is 0.803. The van der Waals surface area contributed by atoms with Crippen LogP contribution in [0, 0.1) is 6.92 Å². The fourth-order valence-electron chi connectivity index (χ4n) is 2.75. The normalized spacial score (nSPS) is 16.4. The van der Waals surface area contributed by atoms with E-state index in [-0.39, 0.29) is 0 Å². The minimum atomic E-state index is 0.498. The van der Waals surface area contributed by atoms with E-state index < -0.39 is 0 Å². The Labute approximate surface area is 124 Å². The van der Waals surface area contributed by atoms with E-state index in [1.54, 1.807) is 11.8 Å². The number of aryl methyl sites for hydroxylation is 1. The molecular formula is C15H20N4S. The van der Waals surface area contributed by atoms with Gasteiger partial charge in [0.25, 0.3) is 0 Å². The number of hydrogen-bond acceptors (Lipinski definition) is 4. The molecule has 106 valence electrons. The second kappa shape index (κ2) is 6.39. The summed E-state index contributed by atoms with van der Waals surface area (Å²) in [6.45, 7) is 2.15. The van der Waals surface area contributed by atoms with Crippen molar-refractivity contribution < 1.29 is 0 Å². The summed E-state index contributed by atoms with van der Waals surface area (Å²) in [6, 6.07) is 9.00. The zero-order chi connectivity index (χ0) is 13.8. The number of rotatable bonds is 4. The van der Waals surface area contributed by atoms with E-state index in [9.17, 15) is 0 Å². The Morgan fingerprint density at radius 2 is 2.00 bits per heavy atom. The topological polar surface area (TPSA) is 43.6 Å². The van der Waals surface area contributed by atoms with E-state index >= 15 is 0 Å². The maximum Gasteiger partial charge on any atom is 0.209 e. The zero-order valence-corrected chi connectivity index (χ0v) is 12.6. The SMILES string of the molecule is Cc1ccccc1CSc1nnnn1C1CCCCC1. The van der Waals surface area contributed by atoms with Gasteiger partial charge in [0.1, 0.15) is 0 Å². The highest BCUT2D eigenvalue weighted by atomic mass is 32.2. The molecule has 1 saturated carbocycles. The van der Waals surface area contributed by atoms with Crippen LogP contribution in [0.3, 0.4) is 0 Å². The van der Waals surface area contributed by atoms with E-state index in [1.807, 2.05) is 4.68 Å². The van der Waals surface area contributed by atoms with Gasteiger partial charge in [-0.15, -0.1) is 5.10 Å². The van der Waals surface area contributed by atoms with Gasteiger partial charge < -0.3 is 0 Å². The molecule has 0 radical (unpaired) electrons. The average molecular weight is 288 g/mol. The molecule has 3 rings (SSSR count). The van der Waals surface area contributed by atoms with Crippen molar-refractivity contribution in [3.05, 3.63) is 35.4 Å². The molecule has 2 aromatic rings.